The highest BCUT2D eigenvalue weighted by atomic mass is 15.3. The quantitative estimate of drug-likeness (QED) is 0.836. The maximum absolute atomic E-state index is 6.29. The van der Waals surface area contributed by atoms with Crippen molar-refractivity contribution in [3.05, 3.63) is 24.7 Å². The van der Waals surface area contributed by atoms with Gasteiger partial charge in [0.1, 0.15) is 5.52 Å². The summed E-state index contributed by atoms with van der Waals surface area (Å²) in [5.74, 6) is 2.44. The largest absolute Gasteiger partial charge is 0.354 e. The van der Waals surface area contributed by atoms with E-state index >= 15 is 0 Å². The lowest BCUT2D eigenvalue weighted by molar-refractivity contribution is 0.260. The molecular weight excluding hydrogens is 238 g/mol. The summed E-state index contributed by atoms with van der Waals surface area (Å²) in [5, 5.41) is 4.28. The third-order valence-corrected chi connectivity index (χ3v) is 4.76. The zero-order valence-electron chi connectivity index (χ0n) is 10.9. The van der Waals surface area contributed by atoms with E-state index in [9.17, 15) is 0 Å². The summed E-state index contributed by atoms with van der Waals surface area (Å²) in [6, 6.07) is 2.40. The molecule has 2 aromatic rings. The number of hydrogen-bond donors (Lipinski definition) is 1. The van der Waals surface area contributed by atoms with Crippen LogP contribution in [0.1, 0.15) is 19.3 Å². The van der Waals surface area contributed by atoms with Crippen LogP contribution in [0, 0.1) is 11.8 Å². The average molecular weight is 257 g/mol. The van der Waals surface area contributed by atoms with Crippen LogP contribution < -0.4 is 10.6 Å². The molecule has 0 spiro atoms. The number of nitrogens with zero attached hydrogens (tertiary/aromatic N) is 4. The van der Waals surface area contributed by atoms with Crippen LogP contribution in [0.4, 0.5) is 5.82 Å². The van der Waals surface area contributed by atoms with Crippen molar-refractivity contribution >= 4 is 11.3 Å². The fourth-order valence-electron chi connectivity index (χ4n) is 3.78. The van der Waals surface area contributed by atoms with E-state index in [1.807, 2.05) is 29.2 Å². The Morgan fingerprint density at radius 3 is 3.05 bits per heavy atom. The van der Waals surface area contributed by atoms with Gasteiger partial charge in [-0.2, -0.15) is 5.10 Å². The maximum atomic E-state index is 6.29. The number of fused-ring (bicyclic) bond motifs is 2. The van der Waals surface area contributed by atoms with E-state index in [4.69, 9.17) is 5.73 Å². The zero-order valence-corrected chi connectivity index (χ0v) is 10.9. The zero-order chi connectivity index (χ0) is 12.8. The van der Waals surface area contributed by atoms with E-state index in [2.05, 4.69) is 15.0 Å². The molecule has 5 nitrogen and oxygen atoms in total. The highest BCUT2D eigenvalue weighted by Crippen LogP contribution is 2.37. The Balaban J connectivity index is 1.68. The van der Waals surface area contributed by atoms with Crippen molar-refractivity contribution in [3.8, 4) is 0 Å². The summed E-state index contributed by atoms with van der Waals surface area (Å²) < 4.78 is 1.89. The van der Waals surface area contributed by atoms with Crippen LogP contribution in [0.5, 0.6) is 0 Å². The van der Waals surface area contributed by atoms with Crippen molar-refractivity contribution < 1.29 is 0 Å². The molecule has 100 valence electrons. The van der Waals surface area contributed by atoms with Gasteiger partial charge in [-0.15, -0.1) is 0 Å². The third kappa shape index (κ3) is 1.72. The molecule has 1 saturated carbocycles. The first-order chi connectivity index (χ1) is 9.33. The van der Waals surface area contributed by atoms with Crippen LogP contribution in [-0.2, 0) is 0 Å². The summed E-state index contributed by atoms with van der Waals surface area (Å²) in [6.45, 7) is 2.14. The first kappa shape index (κ1) is 11.2. The lowest BCUT2D eigenvalue weighted by Gasteiger charge is -2.29. The van der Waals surface area contributed by atoms with Crippen LogP contribution in [-0.4, -0.2) is 33.7 Å². The normalized spacial score (nSPS) is 30.8. The molecule has 5 heteroatoms. The Labute approximate surface area is 112 Å². The number of anilines is 1. The van der Waals surface area contributed by atoms with Crippen molar-refractivity contribution in [3.63, 3.8) is 0 Å². The van der Waals surface area contributed by atoms with Gasteiger partial charge in [0.05, 0.1) is 6.20 Å². The molecule has 19 heavy (non-hydrogen) atoms. The Bertz CT molecular complexity index is 592. The first-order valence-corrected chi connectivity index (χ1v) is 7.12. The molecule has 3 atom stereocenters. The SMILES string of the molecule is NC1CCCC2CN(c3nccn4nccc34)CC12. The minimum atomic E-state index is 0.369. The van der Waals surface area contributed by atoms with Crippen LogP contribution in [0.3, 0.4) is 0 Å². The van der Waals surface area contributed by atoms with Gasteiger partial charge in [0.15, 0.2) is 5.82 Å². The van der Waals surface area contributed by atoms with Gasteiger partial charge in [-0.05, 0) is 30.7 Å². The van der Waals surface area contributed by atoms with Crippen molar-refractivity contribution in [2.45, 2.75) is 25.3 Å². The summed E-state index contributed by atoms with van der Waals surface area (Å²) in [5.41, 5.74) is 7.38. The fraction of sp³-hybridized carbons (Fsp3) is 0.571. The van der Waals surface area contributed by atoms with E-state index in [0.29, 0.717) is 12.0 Å². The molecule has 0 bridgehead atoms. The molecule has 2 aromatic heterocycles. The van der Waals surface area contributed by atoms with Gasteiger partial charge >= 0.3 is 0 Å². The number of rotatable bonds is 1. The van der Waals surface area contributed by atoms with Crippen molar-refractivity contribution in [1.29, 1.82) is 0 Å². The van der Waals surface area contributed by atoms with Gasteiger partial charge in [0, 0.05) is 31.5 Å². The second-order valence-corrected chi connectivity index (χ2v) is 5.84. The molecule has 1 aliphatic carbocycles. The van der Waals surface area contributed by atoms with Gasteiger partial charge in [0.2, 0.25) is 0 Å². The molecular formula is C14H19N5. The van der Waals surface area contributed by atoms with Gasteiger partial charge in [-0.1, -0.05) is 6.42 Å². The van der Waals surface area contributed by atoms with Crippen molar-refractivity contribution in [1.82, 2.24) is 14.6 Å². The molecule has 0 radical (unpaired) electrons. The summed E-state index contributed by atoms with van der Waals surface area (Å²) >= 11 is 0. The number of nitrogens with two attached hydrogens (primary N) is 1. The Morgan fingerprint density at radius 2 is 2.16 bits per heavy atom. The average Bonchev–Trinajstić information content (AvgIpc) is 3.05. The van der Waals surface area contributed by atoms with Crippen molar-refractivity contribution in [2.24, 2.45) is 17.6 Å². The van der Waals surface area contributed by atoms with E-state index in [-0.39, 0.29) is 0 Å². The summed E-state index contributed by atoms with van der Waals surface area (Å²) in [4.78, 5) is 6.97. The molecule has 3 heterocycles. The first-order valence-electron chi connectivity index (χ1n) is 7.12. The van der Waals surface area contributed by atoms with E-state index in [1.54, 1.807) is 0 Å². The molecule has 0 aromatic carbocycles. The smallest absolute Gasteiger partial charge is 0.154 e. The molecule has 3 unspecified atom stereocenters. The predicted molar refractivity (Wildman–Crippen MR) is 74.0 cm³/mol. The monoisotopic (exact) mass is 257 g/mol. The van der Waals surface area contributed by atoms with E-state index in [0.717, 1.165) is 30.3 Å². The molecule has 2 N–H and O–H groups in total. The Kier molecular flexibility index (Phi) is 2.48. The number of aromatic nitrogens is 3. The Morgan fingerprint density at radius 1 is 1.21 bits per heavy atom. The Hall–Kier alpha value is -1.62. The second kappa shape index (κ2) is 4.20. The van der Waals surface area contributed by atoms with Gasteiger partial charge in [-0.25, -0.2) is 9.50 Å². The van der Waals surface area contributed by atoms with Gasteiger partial charge in [0.25, 0.3) is 0 Å². The van der Waals surface area contributed by atoms with Crippen molar-refractivity contribution in [2.75, 3.05) is 18.0 Å². The molecule has 1 aliphatic heterocycles. The minimum absolute atomic E-state index is 0.369. The van der Waals surface area contributed by atoms with Crippen LogP contribution in [0.2, 0.25) is 0 Å². The van der Waals surface area contributed by atoms with Gasteiger partial charge in [-0.3, -0.25) is 0 Å². The fourth-order valence-corrected chi connectivity index (χ4v) is 3.78. The van der Waals surface area contributed by atoms with Crippen LogP contribution >= 0.6 is 0 Å². The minimum Gasteiger partial charge on any atom is -0.354 e. The third-order valence-electron chi connectivity index (χ3n) is 4.76. The van der Waals surface area contributed by atoms with Crippen LogP contribution in [0.25, 0.3) is 5.52 Å². The van der Waals surface area contributed by atoms with E-state index < -0.39 is 0 Å². The second-order valence-electron chi connectivity index (χ2n) is 5.84. The van der Waals surface area contributed by atoms with Crippen LogP contribution in [0.15, 0.2) is 24.7 Å². The van der Waals surface area contributed by atoms with Gasteiger partial charge < -0.3 is 10.6 Å². The lowest BCUT2D eigenvalue weighted by atomic mass is 9.78. The highest BCUT2D eigenvalue weighted by molar-refractivity contribution is 5.68. The molecule has 2 aliphatic rings. The summed E-state index contributed by atoms with van der Waals surface area (Å²) in [7, 11) is 0. The molecule has 2 fully saturated rings. The highest BCUT2D eigenvalue weighted by Gasteiger charge is 2.39. The molecule has 0 amide bonds. The molecule has 4 rings (SSSR count). The summed E-state index contributed by atoms with van der Waals surface area (Å²) in [6.07, 6.45) is 9.33. The lowest BCUT2D eigenvalue weighted by Crippen LogP contribution is -2.38. The topological polar surface area (TPSA) is 59.5 Å². The number of hydrogen-bond acceptors (Lipinski definition) is 4. The maximum Gasteiger partial charge on any atom is 0.154 e. The van der Waals surface area contributed by atoms with E-state index in [1.165, 1.54) is 19.3 Å². The predicted octanol–water partition coefficient (Wildman–Crippen LogP) is 1.29. The molecule has 1 saturated heterocycles. The standard InChI is InChI=1S/C14H19N5/c15-12-3-1-2-10-8-18(9-11(10)12)14-13-4-5-17-19(13)7-6-16-14/h4-7,10-12H,1-3,8-9,15H2.